The number of rotatable bonds is 7. The van der Waals surface area contributed by atoms with Crippen molar-refractivity contribution in [2.45, 2.75) is 39.7 Å². The molecule has 0 saturated carbocycles. The molecule has 0 aliphatic rings. The molecule has 130 valence electrons. The molecule has 0 bridgehead atoms. The van der Waals surface area contributed by atoms with Crippen molar-refractivity contribution in [3.8, 4) is 11.4 Å². The van der Waals surface area contributed by atoms with Gasteiger partial charge in [-0.1, -0.05) is 23.7 Å². The quantitative estimate of drug-likeness (QED) is 0.592. The summed E-state index contributed by atoms with van der Waals surface area (Å²) in [4.78, 5) is 8.94. The summed E-state index contributed by atoms with van der Waals surface area (Å²) in [6, 6.07) is 7.73. The molecular formula is C17H24ClN5O. The van der Waals surface area contributed by atoms with Crippen molar-refractivity contribution >= 4 is 17.6 Å². The number of aliphatic imine (C=N–C) groups is 1. The van der Waals surface area contributed by atoms with Gasteiger partial charge in [-0.15, -0.1) is 0 Å². The van der Waals surface area contributed by atoms with Gasteiger partial charge in [0.15, 0.2) is 5.96 Å². The first-order chi connectivity index (χ1) is 11.6. The Balaban J connectivity index is 1.94. The van der Waals surface area contributed by atoms with Crippen LogP contribution in [0.1, 0.15) is 33.1 Å². The summed E-state index contributed by atoms with van der Waals surface area (Å²) in [5, 5.41) is 11.3. The SMILES string of the molecule is CCNC(=NCCc1nc(-c2ccc(Cl)cc2)no1)NC(C)CC. The molecule has 0 aliphatic carbocycles. The zero-order valence-corrected chi connectivity index (χ0v) is 15.1. The molecule has 2 N–H and O–H groups in total. The van der Waals surface area contributed by atoms with Crippen LogP contribution in [-0.4, -0.2) is 35.2 Å². The van der Waals surface area contributed by atoms with Crippen LogP contribution in [-0.2, 0) is 6.42 Å². The van der Waals surface area contributed by atoms with E-state index < -0.39 is 0 Å². The van der Waals surface area contributed by atoms with Gasteiger partial charge in [-0.25, -0.2) is 0 Å². The van der Waals surface area contributed by atoms with Crippen LogP contribution >= 0.6 is 11.6 Å². The van der Waals surface area contributed by atoms with E-state index in [9.17, 15) is 0 Å². The number of benzene rings is 1. The Morgan fingerprint density at radius 2 is 2.04 bits per heavy atom. The lowest BCUT2D eigenvalue weighted by Gasteiger charge is -2.15. The van der Waals surface area contributed by atoms with E-state index in [1.807, 2.05) is 19.1 Å². The van der Waals surface area contributed by atoms with Crippen LogP contribution in [0.2, 0.25) is 5.02 Å². The van der Waals surface area contributed by atoms with Crippen molar-refractivity contribution in [3.63, 3.8) is 0 Å². The number of aromatic nitrogens is 2. The predicted octanol–water partition coefficient (Wildman–Crippen LogP) is 3.29. The molecule has 0 saturated heterocycles. The van der Waals surface area contributed by atoms with Gasteiger partial charge in [0.25, 0.3) is 0 Å². The molecule has 1 aromatic heterocycles. The fourth-order valence-corrected chi connectivity index (χ4v) is 2.12. The Bertz CT molecular complexity index is 653. The Morgan fingerprint density at radius 3 is 2.71 bits per heavy atom. The van der Waals surface area contributed by atoms with Crippen LogP contribution in [0.25, 0.3) is 11.4 Å². The van der Waals surface area contributed by atoms with Crippen LogP contribution < -0.4 is 10.6 Å². The van der Waals surface area contributed by atoms with Gasteiger partial charge in [0.2, 0.25) is 11.7 Å². The minimum Gasteiger partial charge on any atom is -0.357 e. The molecule has 0 amide bonds. The molecule has 6 nitrogen and oxygen atoms in total. The average molecular weight is 350 g/mol. The fourth-order valence-electron chi connectivity index (χ4n) is 1.99. The van der Waals surface area contributed by atoms with Crippen molar-refractivity contribution in [2.75, 3.05) is 13.1 Å². The predicted molar refractivity (Wildman–Crippen MR) is 97.3 cm³/mol. The summed E-state index contributed by atoms with van der Waals surface area (Å²) >= 11 is 5.88. The molecule has 1 atom stereocenters. The van der Waals surface area contributed by atoms with Crippen molar-refractivity contribution in [1.29, 1.82) is 0 Å². The first-order valence-corrected chi connectivity index (χ1v) is 8.63. The number of nitrogens with one attached hydrogen (secondary N) is 2. The number of nitrogens with zero attached hydrogens (tertiary/aromatic N) is 3. The van der Waals surface area contributed by atoms with Crippen LogP contribution in [0.15, 0.2) is 33.8 Å². The van der Waals surface area contributed by atoms with Crippen LogP contribution in [0.5, 0.6) is 0 Å². The molecule has 2 rings (SSSR count). The first kappa shape index (κ1) is 18.3. The minimum atomic E-state index is 0.378. The number of hydrogen-bond acceptors (Lipinski definition) is 4. The van der Waals surface area contributed by atoms with Gasteiger partial charge in [0, 0.05) is 29.6 Å². The monoisotopic (exact) mass is 349 g/mol. The molecule has 2 aromatic rings. The third-order valence-corrected chi connectivity index (χ3v) is 3.76. The van der Waals surface area contributed by atoms with Gasteiger partial charge < -0.3 is 15.2 Å². The van der Waals surface area contributed by atoms with Gasteiger partial charge in [0.05, 0.1) is 6.54 Å². The van der Waals surface area contributed by atoms with E-state index in [2.05, 4.69) is 39.6 Å². The second-order valence-electron chi connectivity index (χ2n) is 5.48. The maximum Gasteiger partial charge on any atom is 0.228 e. The summed E-state index contributed by atoms with van der Waals surface area (Å²) in [5.41, 5.74) is 0.879. The standard InChI is InChI=1S/C17H24ClN5O/c1-4-12(3)21-17(19-5-2)20-11-10-15-22-16(23-24-15)13-6-8-14(18)9-7-13/h6-9,12H,4-5,10-11H2,1-3H3,(H2,19,20,21). The molecular weight excluding hydrogens is 326 g/mol. The van der Waals surface area contributed by atoms with E-state index in [1.165, 1.54) is 0 Å². The fraction of sp³-hybridized carbons (Fsp3) is 0.471. The third kappa shape index (κ3) is 5.53. The lowest BCUT2D eigenvalue weighted by molar-refractivity contribution is 0.380. The molecule has 24 heavy (non-hydrogen) atoms. The van der Waals surface area contributed by atoms with Crippen LogP contribution in [0, 0.1) is 0 Å². The van der Waals surface area contributed by atoms with Crippen LogP contribution in [0.3, 0.4) is 0 Å². The maximum atomic E-state index is 5.88. The largest absolute Gasteiger partial charge is 0.357 e. The molecule has 1 heterocycles. The molecule has 1 aromatic carbocycles. The van der Waals surface area contributed by atoms with Gasteiger partial charge in [-0.3, -0.25) is 4.99 Å². The molecule has 0 radical (unpaired) electrons. The summed E-state index contributed by atoms with van der Waals surface area (Å²) in [6.07, 6.45) is 1.64. The second-order valence-corrected chi connectivity index (χ2v) is 5.92. The lowest BCUT2D eigenvalue weighted by atomic mass is 10.2. The van der Waals surface area contributed by atoms with Crippen molar-refractivity contribution < 1.29 is 4.52 Å². The second kappa shape index (κ2) is 9.27. The van der Waals surface area contributed by atoms with Crippen molar-refractivity contribution in [2.24, 2.45) is 4.99 Å². The molecule has 0 fully saturated rings. The van der Waals surface area contributed by atoms with Crippen LogP contribution in [0.4, 0.5) is 0 Å². The lowest BCUT2D eigenvalue weighted by Crippen LogP contribution is -2.42. The minimum absolute atomic E-state index is 0.378. The summed E-state index contributed by atoms with van der Waals surface area (Å²) in [7, 11) is 0. The number of guanidine groups is 1. The Labute approximate surface area is 147 Å². The van der Waals surface area contributed by atoms with Crippen molar-refractivity contribution in [3.05, 3.63) is 35.2 Å². The van der Waals surface area contributed by atoms with Gasteiger partial charge in [-0.2, -0.15) is 4.98 Å². The van der Waals surface area contributed by atoms with Gasteiger partial charge in [0.1, 0.15) is 0 Å². The number of halogens is 1. The Morgan fingerprint density at radius 1 is 1.29 bits per heavy atom. The van der Waals surface area contributed by atoms with E-state index in [-0.39, 0.29) is 0 Å². The Kier molecular flexibility index (Phi) is 7.06. The summed E-state index contributed by atoms with van der Waals surface area (Å²) in [6.45, 7) is 7.71. The highest BCUT2D eigenvalue weighted by molar-refractivity contribution is 6.30. The Hall–Kier alpha value is -2.08. The zero-order chi connectivity index (χ0) is 17.4. The average Bonchev–Trinajstić information content (AvgIpc) is 3.04. The molecule has 1 unspecified atom stereocenters. The normalized spacial score (nSPS) is 12.9. The highest BCUT2D eigenvalue weighted by Crippen LogP contribution is 2.18. The number of hydrogen-bond donors (Lipinski definition) is 2. The highest BCUT2D eigenvalue weighted by Gasteiger charge is 2.08. The molecule has 0 aliphatic heterocycles. The van der Waals surface area contributed by atoms with E-state index >= 15 is 0 Å². The van der Waals surface area contributed by atoms with E-state index in [0.29, 0.717) is 35.7 Å². The smallest absolute Gasteiger partial charge is 0.228 e. The van der Waals surface area contributed by atoms with E-state index in [0.717, 1.165) is 24.5 Å². The van der Waals surface area contributed by atoms with E-state index in [1.54, 1.807) is 12.1 Å². The third-order valence-electron chi connectivity index (χ3n) is 3.51. The van der Waals surface area contributed by atoms with E-state index in [4.69, 9.17) is 16.1 Å². The highest BCUT2D eigenvalue weighted by atomic mass is 35.5. The zero-order valence-electron chi connectivity index (χ0n) is 14.3. The first-order valence-electron chi connectivity index (χ1n) is 8.25. The maximum absolute atomic E-state index is 5.88. The summed E-state index contributed by atoms with van der Waals surface area (Å²) in [5.74, 6) is 1.95. The summed E-state index contributed by atoms with van der Waals surface area (Å²) < 4.78 is 5.29. The van der Waals surface area contributed by atoms with Gasteiger partial charge >= 0.3 is 0 Å². The van der Waals surface area contributed by atoms with Gasteiger partial charge in [-0.05, 0) is 44.5 Å². The molecule has 0 spiro atoms. The topological polar surface area (TPSA) is 75.3 Å². The molecule has 7 heteroatoms. The van der Waals surface area contributed by atoms with Crippen molar-refractivity contribution in [1.82, 2.24) is 20.8 Å².